The Morgan fingerprint density at radius 1 is 0.378 bits per heavy atom. The Balaban J connectivity index is 3.49. The smallest absolute Gasteiger partial charge is 0.0812 e. The molecule has 0 radical (unpaired) electrons. The maximum Gasteiger partial charge on any atom is 0.0812 e. The first-order chi connectivity index (χ1) is 17.5. The van der Waals surface area contributed by atoms with Crippen molar-refractivity contribution in [2.45, 2.75) is 142 Å². The molecule has 0 aromatic heterocycles. The van der Waals surface area contributed by atoms with Gasteiger partial charge in [-0.3, -0.25) is 0 Å². The zero-order valence-corrected chi connectivity index (χ0v) is 26.8. The summed E-state index contributed by atoms with van der Waals surface area (Å²) in [7, 11) is 5.86. The zero-order chi connectivity index (χ0) is 27.9. The van der Waals surface area contributed by atoms with E-state index in [4.69, 9.17) is 13.7 Å². The second-order valence-electron chi connectivity index (χ2n) is 13.2. The van der Waals surface area contributed by atoms with E-state index in [1.807, 2.05) is 0 Å². The van der Waals surface area contributed by atoms with Crippen LogP contribution in [0.5, 0.6) is 0 Å². The molecule has 3 N–H and O–H groups in total. The van der Waals surface area contributed by atoms with Gasteiger partial charge < -0.3 is 22.6 Å². The highest BCUT2D eigenvalue weighted by Crippen LogP contribution is 2.33. The quantitative estimate of drug-likeness (QED) is 0.0671. The summed E-state index contributed by atoms with van der Waals surface area (Å²) >= 11 is 0. The van der Waals surface area contributed by atoms with Gasteiger partial charge in [-0.05, 0) is 38.5 Å². The minimum Gasteiger partial charge on any atom is -0.328 e. The molecule has 0 saturated carbocycles. The van der Waals surface area contributed by atoms with Crippen molar-refractivity contribution in [1.82, 2.24) is 0 Å². The molecule has 0 atom stereocenters. The molecule has 0 spiro atoms. The number of unbranched alkanes of at least 4 members (excludes halogenated alkanes) is 18. The molecule has 0 unspecified atom stereocenters. The largest absolute Gasteiger partial charge is 0.328 e. The number of nitrogens with zero attached hydrogens (tertiary/aromatic N) is 2. The number of hydrogen-bond acceptors (Lipinski definition) is 3. The van der Waals surface area contributed by atoms with Gasteiger partial charge in [0.1, 0.15) is 0 Å². The summed E-state index contributed by atoms with van der Waals surface area (Å²) < 4.78 is 29.4. The summed E-state index contributed by atoms with van der Waals surface area (Å²) in [6, 6.07) is 0. The van der Waals surface area contributed by atoms with Crippen LogP contribution in [-0.2, 0) is 0 Å². The SMILES string of the molecule is CCCCCCCCCCCCCCCCCC[N+](C)(C)CCCCCC[N+](C)(C)CCCS(O)(O)O. The van der Waals surface area contributed by atoms with Crippen molar-refractivity contribution in [1.29, 1.82) is 0 Å². The van der Waals surface area contributed by atoms with E-state index in [-0.39, 0.29) is 5.75 Å². The van der Waals surface area contributed by atoms with Crippen LogP contribution in [0.15, 0.2) is 0 Å². The molecule has 0 aromatic rings. The van der Waals surface area contributed by atoms with Crippen LogP contribution in [0.1, 0.15) is 142 Å². The fourth-order valence-electron chi connectivity index (χ4n) is 5.43. The maximum atomic E-state index is 9.11. The van der Waals surface area contributed by atoms with E-state index in [2.05, 4.69) is 35.1 Å². The van der Waals surface area contributed by atoms with Crippen LogP contribution in [0.4, 0.5) is 0 Å². The lowest BCUT2D eigenvalue weighted by Gasteiger charge is -2.31. The molecule has 0 aromatic carbocycles. The summed E-state index contributed by atoms with van der Waals surface area (Å²) in [5.74, 6) is 0.0983. The van der Waals surface area contributed by atoms with Crippen molar-refractivity contribution >= 4 is 10.9 Å². The standard InChI is InChI=1S/C31H68N2O3S/c1-6-7-8-9-10-11-12-13-14-15-16-17-18-19-20-23-27-32(2,3)28-24-21-22-25-29-33(4,5)30-26-31-37(34,35)36/h6-31H2,1-5H3,(H-2,34,35,36)/p+2. The summed E-state index contributed by atoms with van der Waals surface area (Å²) in [6.07, 6.45) is 28.7. The molecule has 6 heteroatoms. The van der Waals surface area contributed by atoms with Gasteiger partial charge in [-0.25, -0.2) is 0 Å². The Hall–Kier alpha value is 0.150. The van der Waals surface area contributed by atoms with Gasteiger partial charge in [0.15, 0.2) is 0 Å². The van der Waals surface area contributed by atoms with Crippen molar-refractivity contribution in [2.24, 2.45) is 0 Å². The van der Waals surface area contributed by atoms with Crippen LogP contribution in [-0.4, -0.2) is 82.7 Å². The van der Waals surface area contributed by atoms with Crippen LogP contribution < -0.4 is 0 Å². The summed E-state index contributed by atoms with van der Waals surface area (Å²) in [5.41, 5.74) is 0. The molecule has 0 bridgehead atoms. The monoisotopic (exact) mass is 551 g/mol. The Bertz CT molecular complexity index is 495. The molecular formula is C31H70N2O3S+2. The molecular weight excluding hydrogens is 480 g/mol. The molecule has 0 saturated heterocycles. The van der Waals surface area contributed by atoms with E-state index in [1.54, 1.807) is 0 Å². The summed E-state index contributed by atoms with van der Waals surface area (Å²) in [5, 5.41) is 0. The number of hydrogen-bond donors (Lipinski definition) is 3. The lowest BCUT2D eigenvalue weighted by Crippen LogP contribution is -2.42. The Labute approximate surface area is 235 Å². The molecule has 0 amide bonds. The normalized spacial score (nSPS) is 13.4. The third-order valence-electron chi connectivity index (χ3n) is 8.08. The predicted molar refractivity (Wildman–Crippen MR) is 167 cm³/mol. The Morgan fingerprint density at radius 3 is 0.892 bits per heavy atom. The minimum atomic E-state index is -3.33. The first-order valence-electron chi connectivity index (χ1n) is 16.1. The first kappa shape index (κ1) is 37.1. The summed E-state index contributed by atoms with van der Waals surface area (Å²) in [6.45, 7) is 6.88. The van der Waals surface area contributed by atoms with Gasteiger partial charge >= 0.3 is 0 Å². The lowest BCUT2D eigenvalue weighted by atomic mass is 10.0. The van der Waals surface area contributed by atoms with Crippen molar-refractivity contribution in [3.05, 3.63) is 0 Å². The van der Waals surface area contributed by atoms with Crippen LogP contribution in [0, 0.1) is 0 Å². The Kier molecular flexibility index (Phi) is 23.0. The molecule has 0 aliphatic rings. The van der Waals surface area contributed by atoms with Gasteiger partial charge in [0.05, 0.1) is 71.0 Å². The predicted octanol–water partition coefficient (Wildman–Crippen LogP) is 9.57. The number of quaternary nitrogens is 2. The van der Waals surface area contributed by atoms with E-state index in [0.29, 0.717) is 6.42 Å². The summed E-state index contributed by atoms with van der Waals surface area (Å²) in [4.78, 5) is 0. The van der Waals surface area contributed by atoms with Crippen molar-refractivity contribution in [2.75, 3.05) is 60.1 Å². The highest BCUT2D eigenvalue weighted by molar-refractivity contribution is 8.19. The van der Waals surface area contributed by atoms with Gasteiger partial charge in [0, 0.05) is 6.42 Å². The lowest BCUT2D eigenvalue weighted by molar-refractivity contribution is -0.891. The van der Waals surface area contributed by atoms with Gasteiger partial charge in [-0.2, -0.15) is 0 Å². The van der Waals surface area contributed by atoms with Crippen LogP contribution in [0.2, 0.25) is 0 Å². The van der Waals surface area contributed by atoms with Crippen LogP contribution >= 0.6 is 10.9 Å². The van der Waals surface area contributed by atoms with Crippen molar-refractivity contribution < 1.29 is 22.6 Å². The molecule has 37 heavy (non-hydrogen) atoms. The van der Waals surface area contributed by atoms with E-state index in [9.17, 15) is 0 Å². The number of rotatable bonds is 28. The molecule has 5 nitrogen and oxygen atoms in total. The average molecular weight is 551 g/mol. The van der Waals surface area contributed by atoms with Gasteiger partial charge in [0.25, 0.3) is 0 Å². The topological polar surface area (TPSA) is 60.7 Å². The molecule has 0 aliphatic heterocycles. The van der Waals surface area contributed by atoms with Crippen LogP contribution in [0.25, 0.3) is 0 Å². The minimum absolute atomic E-state index is 0.0983. The highest BCUT2D eigenvalue weighted by Gasteiger charge is 2.18. The van der Waals surface area contributed by atoms with Gasteiger partial charge in [0.2, 0.25) is 0 Å². The third-order valence-corrected chi connectivity index (χ3v) is 8.91. The van der Waals surface area contributed by atoms with Gasteiger partial charge in [-0.1, -0.05) is 96.8 Å². The fraction of sp³-hybridized carbons (Fsp3) is 1.00. The first-order valence-corrected chi connectivity index (χ1v) is 17.8. The zero-order valence-electron chi connectivity index (χ0n) is 26.0. The molecule has 0 fully saturated rings. The van der Waals surface area contributed by atoms with Gasteiger partial charge in [-0.15, -0.1) is 0 Å². The molecule has 0 rings (SSSR count). The maximum absolute atomic E-state index is 9.11. The fourth-order valence-corrected chi connectivity index (χ4v) is 5.95. The average Bonchev–Trinajstić information content (AvgIpc) is 2.80. The molecule has 226 valence electrons. The second-order valence-corrected chi connectivity index (χ2v) is 14.8. The Morgan fingerprint density at radius 2 is 0.622 bits per heavy atom. The molecule has 0 aliphatic carbocycles. The highest BCUT2D eigenvalue weighted by atomic mass is 32.3. The molecule has 0 heterocycles. The van der Waals surface area contributed by atoms with Crippen molar-refractivity contribution in [3.63, 3.8) is 0 Å². The van der Waals surface area contributed by atoms with E-state index < -0.39 is 10.9 Å². The van der Waals surface area contributed by atoms with E-state index in [0.717, 1.165) is 22.1 Å². The van der Waals surface area contributed by atoms with E-state index in [1.165, 1.54) is 142 Å². The second kappa shape index (κ2) is 22.9. The third kappa shape index (κ3) is 29.0. The van der Waals surface area contributed by atoms with E-state index >= 15 is 0 Å². The van der Waals surface area contributed by atoms with Crippen molar-refractivity contribution in [3.8, 4) is 0 Å². The van der Waals surface area contributed by atoms with Crippen LogP contribution in [0.3, 0.4) is 0 Å².